The van der Waals surface area contributed by atoms with Gasteiger partial charge in [0.05, 0.1) is 19.3 Å². The second kappa shape index (κ2) is 8.50. The van der Waals surface area contributed by atoms with E-state index >= 15 is 0 Å². The highest BCUT2D eigenvalue weighted by atomic mass is 16.5. The van der Waals surface area contributed by atoms with Gasteiger partial charge in [-0.25, -0.2) is 14.2 Å². The summed E-state index contributed by atoms with van der Waals surface area (Å²) >= 11 is 0. The number of aryl methyl sites for hydroxylation is 1. The Morgan fingerprint density at radius 2 is 2.19 bits per heavy atom. The Morgan fingerprint density at radius 3 is 2.90 bits per heavy atom. The van der Waals surface area contributed by atoms with Crippen molar-refractivity contribution in [1.82, 2.24) is 24.4 Å². The van der Waals surface area contributed by atoms with E-state index in [1.54, 1.807) is 17.1 Å². The van der Waals surface area contributed by atoms with Crippen LogP contribution in [0.15, 0.2) is 40.2 Å². The van der Waals surface area contributed by atoms with Crippen molar-refractivity contribution in [2.24, 2.45) is 16.6 Å². The first-order chi connectivity index (χ1) is 14.9. The molecule has 0 saturated carbocycles. The molecule has 9 heteroatoms. The van der Waals surface area contributed by atoms with Gasteiger partial charge in [-0.05, 0) is 19.3 Å². The van der Waals surface area contributed by atoms with Crippen molar-refractivity contribution < 1.29 is 4.74 Å². The predicted octanol–water partition coefficient (Wildman–Crippen LogP) is 2.46. The minimum Gasteiger partial charge on any atom is -0.496 e. The van der Waals surface area contributed by atoms with Crippen LogP contribution in [0.2, 0.25) is 0 Å². The van der Waals surface area contributed by atoms with E-state index < -0.39 is 0 Å². The molecule has 0 bridgehead atoms. The van der Waals surface area contributed by atoms with E-state index in [4.69, 9.17) is 15.5 Å². The maximum absolute atomic E-state index is 12.9. The molecule has 3 aromatic rings. The van der Waals surface area contributed by atoms with E-state index in [2.05, 4.69) is 22.1 Å². The van der Waals surface area contributed by atoms with Crippen LogP contribution < -0.4 is 11.3 Å². The summed E-state index contributed by atoms with van der Waals surface area (Å²) in [5.41, 5.74) is 9.25. The Labute approximate surface area is 180 Å². The number of hydrogen-bond donors (Lipinski definition) is 2. The van der Waals surface area contributed by atoms with Crippen LogP contribution in [0.1, 0.15) is 44.4 Å². The van der Waals surface area contributed by atoms with Crippen LogP contribution in [0.25, 0.3) is 16.8 Å². The molecule has 0 amide bonds. The molecule has 0 aliphatic carbocycles. The fourth-order valence-electron chi connectivity index (χ4n) is 3.99. The van der Waals surface area contributed by atoms with Gasteiger partial charge in [-0.1, -0.05) is 20.8 Å². The molecule has 0 spiro atoms. The van der Waals surface area contributed by atoms with Crippen LogP contribution in [-0.2, 0) is 4.74 Å². The third-order valence-electron chi connectivity index (χ3n) is 5.62. The third kappa shape index (κ3) is 3.81. The van der Waals surface area contributed by atoms with Gasteiger partial charge >= 0.3 is 0 Å². The molecule has 0 saturated heterocycles. The van der Waals surface area contributed by atoms with E-state index in [0.717, 1.165) is 34.6 Å². The zero-order valence-electron chi connectivity index (χ0n) is 18.4. The van der Waals surface area contributed by atoms with E-state index in [-0.39, 0.29) is 17.4 Å². The fraction of sp³-hybridized carbons (Fsp3) is 0.455. The normalized spacial score (nSPS) is 16.6. The van der Waals surface area contributed by atoms with E-state index in [0.29, 0.717) is 31.2 Å². The molecule has 1 atom stereocenters. The first kappa shape index (κ1) is 21.0. The zero-order chi connectivity index (χ0) is 22.1. The Morgan fingerprint density at radius 1 is 1.39 bits per heavy atom. The Hall–Kier alpha value is -3.20. The van der Waals surface area contributed by atoms with E-state index in [1.807, 2.05) is 33.0 Å². The van der Waals surface area contributed by atoms with Crippen molar-refractivity contribution in [3.63, 3.8) is 0 Å². The molecule has 3 N–H and O–H groups in total. The monoisotopic (exact) mass is 423 g/mol. The van der Waals surface area contributed by atoms with Gasteiger partial charge in [0.1, 0.15) is 5.76 Å². The summed E-state index contributed by atoms with van der Waals surface area (Å²) < 4.78 is 9.07. The lowest BCUT2D eigenvalue weighted by atomic mass is 10.0. The number of aromatic amines is 1. The van der Waals surface area contributed by atoms with Crippen LogP contribution in [0.4, 0.5) is 0 Å². The van der Waals surface area contributed by atoms with Gasteiger partial charge in [0.2, 0.25) is 0 Å². The minimum absolute atomic E-state index is 0.0666. The van der Waals surface area contributed by atoms with Gasteiger partial charge in [-0.3, -0.25) is 14.9 Å². The van der Waals surface area contributed by atoms with Crippen LogP contribution in [0.3, 0.4) is 0 Å². The Bertz CT molecular complexity index is 1210. The molecule has 1 aliphatic rings. The number of hydrogen-bond acceptors (Lipinski definition) is 6. The average molecular weight is 424 g/mol. The largest absolute Gasteiger partial charge is 0.496 e. The average Bonchev–Trinajstić information content (AvgIpc) is 3.39. The van der Waals surface area contributed by atoms with Gasteiger partial charge < -0.3 is 10.5 Å². The second-order valence-corrected chi connectivity index (χ2v) is 8.08. The molecular weight excluding hydrogens is 394 g/mol. The molecule has 1 aliphatic heterocycles. The SMILES string of the molecule is CCC1CN=C(n2cc(-c3c[nH]n4c(=O)c(C(C)C)c(C)nc34)cn2)C=C1OCCN. The minimum atomic E-state index is -0.0666. The fourth-order valence-corrected chi connectivity index (χ4v) is 3.99. The van der Waals surface area contributed by atoms with Gasteiger partial charge in [-0.15, -0.1) is 0 Å². The van der Waals surface area contributed by atoms with E-state index in [9.17, 15) is 4.79 Å². The van der Waals surface area contributed by atoms with Crippen LogP contribution in [0, 0.1) is 12.8 Å². The Balaban J connectivity index is 1.70. The molecule has 4 heterocycles. The summed E-state index contributed by atoms with van der Waals surface area (Å²) in [5, 5.41) is 7.53. The molecule has 9 nitrogen and oxygen atoms in total. The first-order valence-corrected chi connectivity index (χ1v) is 10.7. The maximum atomic E-state index is 12.9. The molecule has 4 rings (SSSR count). The second-order valence-electron chi connectivity index (χ2n) is 8.08. The number of H-pyrrole nitrogens is 1. The lowest BCUT2D eigenvalue weighted by molar-refractivity contribution is 0.183. The first-order valence-electron chi connectivity index (χ1n) is 10.7. The summed E-state index contributed by atoms with van der Waals surface area (Å²) in [4.78, 5) is 22.3. The molecule has 0 aromatic carbocycles. The summed E-state index contributed by atoms with van der Waals surface area (Å²) in [7, 11) is 0. The maximum Gasteiger partial charge on any atom is 0.276 e. The summed E-state index contributed by atoms with van der Waals surface area (Å²) in [6, 6.07) is 0. The van der Waals surface area contributed by atoms with Gasteiger partial charge in [0.25, 0.3) is 5.56 Å². The predicted molar refractivity (Wildman–Crippen MR) is 120 cm³/mol. The highest BCUT2D eigenvalue weighted by Gasteiger charge is 2.21. The summed E-state index contributed by atoms with van der Waals surface area (Å²) in [6.45, 7) is 9.60. The number of dihydropyridines is 1. The number of ether oxygens (including phenoxy) is 1. The highest BCUT2D eigenvalue weighted by molar-refractivity contribution is 5.96. The van der Waals surface area contributed by atoms with Gasteiger partial charge in [-0.2, -0.15) is 5.10 Å². The van der Waals surface area contributed by atoms with Gasteiger partial charge in [0, 0.05) is 53.3 Å². The van der Waals surface area contributed by atoms with Crippen LogP contribution in [-0.4, -0.2) is 49.9 Å². The molecule has 31 heavy (non-hydrogen) atoms. The summed E-state index contributed by atoms with van der Waals surface area (Å²) in [6.07, 6.45) is 8.31. The number of fused-ring (bicyclic) bond motifs is 1. The highest BCUT2D eigenvalue weighted by Crippen LogP contribution is 2.25. The summed E-state index contributed by atoms with van der Waals surface area (Å²) in [5.74, 6) is 1.97. The molecular formula is C22H29N7O2. The number of nitrogens with one attached hydrogen (secondary N) is 1. The number of aliphatic imine (C=N–C) groups is 1. The van der Waals surface area contributed by atoms with E-state index in [1.165, 1.54) is 4.52 Å². The molecule has 1 unspecified atom stereocenters. The standard InChI is InChI=1S/C22H29N7O2/c1-5-15-9-24-19(8-18(15)31-7-6-23)28-12-16(10-25-28)17-11-26-29-21(17)27-14(4)20(13(2)3)22(29)30/h8,10-13,15,26H,5-7,9,23H2,1-4H3. The number of allylic oxidation sites excluding steroid dienone is 1. The molecule has 3 aromatic heterocycles. The number of nitrogens with two attached hydrogens (primary N) is 1. The van der Waals surface area contributed by atoms with Crippen molar-refractivity contribution in [2.75, 3.05) is 19.7 Å². The number of nitrogens with zero attached hydrogens (tertiary/aromatic N) is 5. The quantitative estimate of drug-likeness (QED) is 0.632. The van der Waals surface area contributed by atoms with Crippen molar-refractivity contribution >= 4 is 11.5 Å². The van der Waals surface area contributed by atoms with Gasteiger partial charge in [0.15, 0.2) is 11.5 Å². The lowest BCUT2D eigenvalue weighted by Crippen LogP contribution is -2.23. The smallest absolute Gasteiger partial charge is 0.276 e. The zero-order valence-corrected chi connectivity index (χ0v) is 18.4. The molecule has 164 valence electrons. The molecule has 0 radical (unpaired) electrons. The lowest BCUT2D eigenvalue weighted by Gasteiger charge is -2.22. The topological polar surface area (TPSA) is 116 Å². The van der Waals surface area contributed by atoms with Crippen molar-refractivity contribution in [1.29, 1.82) is 0 Å². The molecule has 0 fully saturated rings. The van der Waals surface area contributed by atoms with Crippen LogP contribution >= 0.6 is 0 Å². The number of rotatable bonds is 6. The Kier molecular flexibility index (Phi) is 5.77. The number of aromatic nitrogens is 5. The van der Waals surface area contributed by atoms with Crippen LogP contribution in [0.5, 0.6) is 0 Å². The van der Waals surface area contributed by atoms with Crippen molar-refractivity contribution in [2.45, 2.75) is 40.0 Å². The third-order valence-corrected chi connectivity index (χ3v) is 5.62. The van der Waals surface area contributed by atoms with Crippen molar-refractivity contribution in [3.05, 3.63) is 52.0 Å². The van der Waals surface area contributed by atoms with Crippen molar-refractivity contribution in [3.8, 4) is 11.1 Å².